The van der Waals surface area contributed by atoms with Crippen molar-refractivity contribution in [3.63, 3.8) is 0 Å². The maximum atomic E-state index is 11.9. The quantitative estimate of drug-likeness (QED) is 0.529. The molecule has 0 unspecified atom stereocenters. The standard InChI is InChI=1S/C13H20OS2/c1-4-5-6-7-15-9-13(14)12-8-10(2)16-11(12)3/h8H,4-7,9H2,1-3H3. The van der Waals surface area contributed by atoms with Crippen LogP contribution in [-0.2, 0) is 0 Å². The maximum absolute atomic E-state index is 11.9. The van der Waals surface area contributed by atoms with Crippen LogP contribution in [0.5, 0.6) is 0 Å². The fourth-order valence-corrected chi connectivity index (χ4v) is 3.44. The highest BCUT2D eigenvalue weighted by Gasteiger charge is 2.11. The third kappa shape index (κ3) is 4.30. The topological polar surface area (TPSA) is 17.1 Å². The van der Waals surface area contributed by atoms with E-state index in [9.17, 15) is 4.79 Å². The number of carbonyl (C=O) groups is 1. The van der Waals surface area contributed by atoms with E-state index in [1.165, 1.54) is 24.1 Å². The zero-order chi connectivity index (χ0) is 12.0. The Balaban J connectivity index is 2.33. The first-order chi connectivity index (χ1) is 7.65. The predicted molar refractivity (Wildman–Crippen MR) is 75.0 cm³/mol. The first kappa shape index (κ1) is 13.8. The molecular weight excluding hydrogens is 236 g/mol. The van der Waals surface area contributed by atoms with Crippen LogP contribution >= 0.6 is 23.1 Å². The Morgan fingerprint density at radius 3 is 2.69 bits per heavy atom. The molecule has 0 N–H and O–H groups in total. The van der Waals surface area contributed by atoms with E-state index in [0.29, 0.717) is 11.5 Å². The van der Waals surface area contributed by atoms with Gasteiger partial charge in [-0.1, -0.05) is 19.8 Å². The fourth-order valence-electron chi connectivity index (χ4n) is 1.60. The zero-order valence-electron chi connectivity index (χ0n) is 10.3. The first-order valence-electron chi connectivity index (χ1n) is 5.83. The average molecular weight is 256 g/mol. The van der Waals surface area contributed by atoms with Gasteiger partial charge in [-0.05, 0) is 32.1 Å². The molecule has 1 heterocycles. The van der Waals surface area contributed by atoms with Crippen molar-refractivity contribution >= 4 is 28.9 Å². The minimum absolute atomic E-state index is 0.295. The van der Waals surface area contributed by atoms with E-state index in [1.54, 1.807) is 23.1 Å². The van der Waals surface area contributed by atoms with E-state index < -0.39 is 0 Å². The molecule has 0 saturated heterocycles. The Kier molecular flexibility index (Phi) is 6.14. The molecule has 0 bridgehead atoms. The van der Waals surface area contributed by atoms with Crippen LogP contribution in [0.2, 0.25) is 0 Å². The van der Waals surface area contributed by atoms with E-state index in [4.69, 9.17) is 0 Å². The number of hydrogen-bond acceptors (Lipinski definition) is 3. The van der Waals surface area contributed by atoms with Crippen LogP contribution in [0.25, 0.3) is 0 Å². The second kappa shape index (κ2) is 7.13. The summed E-state index contributed by atoms with van der Waals surface area (Å²) in [5.74, 6) is 2.05. The summed E-state index contributed by atoms with van der Waals surface area (Å²) in [6, 6.07) is 2.02. The molecule has 0 atom stereocenters. The highest BCUT2D eigenvalue weighted by atomic mass is 32.2. The SMILES string of the molecule is CCCCCSCC(=O)c1cc(C)sc1C. The van der Waals surface area contributed by atoms with E-state index in [-0.39, 0.29) is 0 Å². The molecule has 0 aromatic carbocycles. The molecule has 0 aliphatic carbocycles. The van der Waals surface area contributed by atoms with Crippen molar-refractivity contribution in [3.05, 3.63) is 21.4 Å². The van der Waals surface area contributed by atoms with Crippen molar-refractivity contribution in [1.82, 2.24) is 0 Å². The van der Waals surface area contributed by atoms with Crippen molar-refractivity contribution in [1.29, 1.82) is 0 Å². The number of thioether (sulfide) groups is 1. The lowest BCUT2D eigenvalue weighted by molar-refractivity contribution is 0.102. The monoisotopic (exact) mass is 256 g/mol. The van der Waals surface area contributed by atoms with Crippen molar-refractivity contribution in [3.8, 4) is 0 Å². The number of thiophene rings is 1. The van der Waals surface area contributed by atoms with Crippen LogP contribution < -0.4 is 0 Å². The number of ketones is 1. The summed E-state index contributed by atoms with van der Waals surface area (Å²) in [6.45, 7) is 6.29. The summed E-state index contributed by atoms with van der Waals surface area (Å²) >= 11 is 3.48. The summed E-state index contributed by atoms with van der Waals surface area (Å²) in [5.41, 5.74) is 0.936. The number of hydrogen-bond donors (Lipinski definition) is 0. The number of Topliss-reactive ketones (excluding diaryl/α,β-unsaturated/α-hetero) is 1. The Labute approximate surface area is 107 Å². The zero-order valence-corrected chi connectivity index (χ0v) is 12.0. The van der Waals surface area contributed by atoms with E-state index in [2.05, 4.69) is 13.8 Å². The third-order valence-electron chi connectivity index (χ3n) is 2.47. The molecule has 0 spiro atoms. The molecule has 0 amide bonds. The lowest BCUT2D eigenvalue weighted by atomic mass is 10.2. The molecule has 1 aromatic heterocycles. The lowest BCUT2D eigenvalue weighted by Gasteiger charge is -2.00. The van der Waals surface area contributed by atoms with Crippen LogP contribution in [-0.4, -0.2) is 17.3 Å². The van der Waals surface area contributed by atoms with Gasteiger partial charge < -0.3 is 0 Å². The Hall–Kier alpha value is -0.280. The van der Waals surface area contributed by atoms with Gasteiger partial charge in [0.2, 0.25) is 0 Å². The minimum atomic E-state index is 0.295. The van der Waals surface area contributed by atoms with E-state index >= 15 is 0 Å². The highest BCUT2D eigenvalue weighted by molar-refractivity contribution is 7.99. The predicted octanol–water partition coefficient (Wildman–Crippen LogP) is 4.47. The summed E-state index contributed by atoms with van der Waals surface area (Å²) in [6.07, 6.45) is 3.76. The lowest BCUT2D eigenvalue weighted by Crippen LogP contribution is -2.03. The van der Waals surface area contributed by atoms with Gasteiger partial charge in [-0.2, -0.15) is 11.8 Å². The van der Waals surface area contributed by atoms with Gasteiger partial charge >= 0.3 is 0 Å². The first-order valence-corrected chi connectivity index (χ1v) is 7.80. The van der Waals surface area contributed by atoms with E-state index in [1.807, 2.05) is 13.0 Å². The molecule has 16 heavy (non-hydrogen) atoms. The van der Waals surface area contributed by atoms with Gasteiger partial charge in [0, 0.05) is 15.3 Å². The van der Waals surface area contributed by atoms with Crippen LogP contribution in [0, 0.1) is 13.8 Å². The molecule has 90 valence electrons. The van der Waals surface area contributed by atoms with Crippen molar-refractivity contribution < 1.29 is 4.79 Å². The summed E-state index contributed by atoms with van der Waals surface area (Å²) in [4.78, 5) is 14.3. The van der Waals surface area contributed by atoms with Crippen molar-refractivity contribution in [2.24, 2.45) is 0 Å². The summed E-state index contributed by atoms with van der Waals surface area (Å²) < 4.78 is 0. The molecule has 0 saturated carbocycles. The summed E-state index contributed by atoms with van der Waals surface area (Å²) in [5, 5.41) is 0. The second-order valence-corrected chi connectivity index (χ2v) is 6.58. The molecule has 0 aliphatic rings. The van der Waals surface area contributed by atoms with Gasteiger partial charge in [-0.25, -0.2) is 0 Å². The fraction of sp³-hybridized carbons (Fsp3) is 0.615. The number of unbranched alkanes of at least 4 members (excludes halogenated alkanes) is 2. The molecule has 3 heteroatoms. The average Bonchev–Trinajstić information content (AvgIpc) is 2.57. The van der Waals surface area contributed by atoms with Crippen molar-refractivity contribution in [2.45, 2.75) is 40.0 Å². The van der Waals surface area contributed by atoms with Gasteiger partial charge in [-0.3, -0.25) is 4.79 Å². The third-order valence-corrected chi connectivity index (χ3v) is 4.48. The van der Waals surface area contributed by atoms with Gasteiger partial charge in [-0.15, -0.1) is 11.3 Å². The van der Waals surface area contributed by atoms with Gasteiger partial charge in [0.15, 0.2) is 5.78 Å². The molecule has 1 nitrogen and oxygen atoms in total. The van der Waals surface area contributed by atoms with Crippen LogP contribution in [0.1, 0.15) is 46.3 Å². The Morgan fingerprint density at radius 2 is 2.12 bits per heavy atom. The summed E-state index contributed by atoms with van der Waals surface area (Å²) in [7, 11) is 0. The highest BCUT2D eigenvalue weighted by Crippen LogP contribution is 2.22. The van der Waals surface area contributed by atoms with Crippen LogP contribution in [0.3, 0.4) is 0 Å². The molecule has 1 aromatic rings. The van der Waals surface area contributed by atoms with Crippen LogP contribution in [0.4, 0.5) is 0 Å². The number of rotatable bonds is 7. The normalized spacial score (nSPS) is 10.7. The molecule has 1 rings (SSSR count). The van der Waals surface area contributed by atoms with Gasteiger partial charge in [0.1, 0.15) is 0 Å². The molecule has 0 aliphatic heterocycles. The molecular formula is C13H20OS2. The number of aryl methyl sites for hydroxylation is 2. The molecule has 0 radical (unpaired) electrons. The van der Waals surface area contributed by atoms with Crippen molar-refractivity contribution in [2.75, 3.05) is 11.5 Å². The maximum Gasteiger partial charge on any atom is 0.173 e. The number of carbonyl (C=O) groups excluding carboxylic acids is 1. The van der Waals surface area contributed by atoms with Gasteiger partial charge in [0.05, 0.1) is 5.75 Å². The van der Waals surface area contributed by atoms with Gasteiger partial charge in [0.25, 0.3) is 0 Å². The Bertz CT molecular complexity index is 342. The largest absolute Gasteiger partial charge is 0.293 e. The molecule has 0 fully saturated rings. The Morgan fingerprint density at radius 1 is 1.38 bits per heavy atom. The smallest absolute Gasteiger partial charge is 0.173 e. The second-order valence-electron chi connectivity index (χ2n) is 4.01. The van der Waals surface area contributed by atoms with Crippen LogP contribution in [0.15, 0.2) is 6.07 Å². The minimum Gasteiger partial charge on any atom is -0.293 e. The van der Waals surface area contributed by atoms with E-state index in [0.717, 1.165) is 16.2 Å².